The van der Waals surface area contributed by atoms with Crippen LogP contribution < -0.4 is 15.6 Å². The third-order valence-electron chi connectivity index (χ3n) is 2.43. The summed E-state index contributed by atoms with van der Waals surface area (Å²) in [6.07, 6.45) is 1.63. The Bertz CT molecular complexity index is 344. The van der Waals surface area contributed by atoms with Gasteiger partial charge in [0.25, 0.3) is 11.7 Å². The minimum Gasteiger partial charge on any atom is -0.373 e. The number of hydrogen-bond donors (Lipinski definition) is 1. The number of pyridine rings is 1. The number of carbonyl (C=O) groups is 1. The van der Waals surface area contributed by atoms with Crippen LogP contribution in [0.1, 0.15) is 10.4 Å². The normalized spacial score (nSPS) is 16.4. The molecule has 1 saturated heterocycles. The highest BCUT2D eigenvalue weighted by molar-refractivity contribution is 5.92. The zero-order chi connectivity index (χ0) is 10.7. The lowest BCUT2D eigenvalue weighted by atomic mass is 10.2. The summed E-state index contributed by atoms with van der Waals surface area (Å²) in [6.45, 7) is 3.22. The van der Waals surface area contributed by atoms with Gasteiger partial charge in [-0.1, -0.05) is 0 Å². The zero-order valence-electron chi connectivity index (χ0n) is 8.40. The molecule has 0 aliphatic carbocycles. The average Bonchev–Trinajstić information content (AvgIpc) is 2.30. The number of nitrogens with two attached hydrogens (primary N) is 1. The molecule has 0 radical (unpaired) electrons. The minimum atomic E-state index is -0.417. The summed E-state index contributed by atoms with van der Waals surface area (Å²) in [5, 5.41) is 0. The van der Waals surface area contributed by atoms with Crippen LogP contribution in [-0.4, -0.2) is 32.2 Å². The van der Waals surface area contributed by atoms with Crippen LogP contribution in [-0.2, 0) is 4.74 Å². The largest absolute Gasteiger partial charge is 0.373 e. The van der Waals surface area contributed by atoms with Gasteiger partial charge >= 0.3 is 0 Å². The molecule has 2 rings (SSSR count). The summed E-state index contributed by atoms with van der Waals surface area (Å²) in [7, 11) is 0. The number of aromatic nitrogens is 1. The smallest absolute Gasteiger partial charge is 0.274 e. The van der Waals surface area contributed by atoms with E-state index in [1.165, 1.54) is 0 Å². The number of rotatable bonds is 2. The van der Waals surface area contributed by atoms with Gasteiger partial charge in [0.2, 0.25) is 0 Å². The highest BCUT2D eigenvalue weighted by Crippen LogP contribution is 2.09. The molecule has 80 valence electrons. The maximum absolute atomic E-state index is 10.9. The molecule has 2 heterocycles. The zero-order valence-corrected chi connectivity index (χ0v) is 8.40. The summed E-state index contributed by atoms with van der Waals surface area (Å²) >= 11 is 0. The molecule has 0 saturated carbocycles. The van der Waals surface area contributed by atoms with Crippen molar-refractivity contribution in [3.63, 3.8) is 0 Å². The Morgan fingerprint density at radius 1 is 1.40 bits per heavy atom. The molecule has 0 atom stereocenters. The fraction of sp³-hybridized carbons (Fsp3) is 0.400. The van der Waals surface area contributed by atoms with Gasteiger partial charge in [0.1, 0.15) is 19.3 Å². The summed E-state index contributed by atoms with van der Waals surface area (Å²) in [5.74, 6) is 0.572. The molecule has 15 heavy (non-hydrogen) atoms. The van der Waals surface area contributed by atoms with Crippen molar-refractivity contribution in [2.45, 2.75) is 0 Å². The first-order chi connectivity index (χ1) is 7.27. The van der Waals surface area contributed by atoms with E-state index in [9.17, 15) is 4.79 Å². The Kier molecular flexibility index (Phi) is 2.82. The van der Waals surface area contributed by atoms with Gasteiger partial charge in [-0.25, -0.2) is 4.98 Å². The summed E-state index contributed by atoms with van der Waals surface area (Å²) < 4.78 is 5.25. The van der Waals surface area contributed by atoms with Crippen LogP contribution in [0.2, 0.25) is 0 Å². The Hall–Kier alpha value is -1.62. The average molecular weight is 208 g/mol. The number of carbonyl (C=O) groups excluding carboxylic acids is 1. The number of aromatic amines is 1. The first-order valence-electron chi connectivity index (χ1n) is 4.91. The molecule has 1 aromatic heterocycles. The number of H-pyrrole nitrogens is 1. The quantitative estimate of drug-likeness (QED) is 0.708. The van der Waals surface area contributed by atoms with E-state index in [0.717, 1.165) is 32.1 Å². The number of primary amides is 1. The number of amides is 1. The Balaban J connectivity index is 2.11. The number of morpholine rings is 1. The van der Waals surface area contributed by atoms with Crippen LogP contribution in [0.5, 0.6) is 0 Å². The highest BCUT2D eigenvalue weighted by atomic mass is 16.5. The van der Waals surface area contributed by atoms with Gasteiger partial charge in [0.15, 0.2) is 0 Å². The lowest BCUT2D eigenvalue weighted by Crippen LogP contribution is -2.39. The fourth-order valence-electron chi connectivity index (χ4n) is 1.57. The van der Waals surface area contributed by atoms with Gasteiger partial charge in [-0.05, 0) is 6.07 Å². The van der Waals surface area contributed by atoms with E-state index in [-0.39, 0.29) is 0 Å². The van der Waals surface area contributed by atoms with E-state index in [0.29, 0.717) is 5.56 Å². The molecule has 1 aliphatic heterocycles. The maximum atomic E-state index is 10.9. The number of anilines is 1. The SMILES string of the molecule is NC(=O)c1ccc(N2CCOCC2)[nH+]c1. The lowest BCUT2D eigenvalue weighted by Gasteiger charge is -2.21. The second-order valence-electron chi connectivity index (χ2n) is 3.43. The number of ether oxygens (including phenoxy) is 1. The topological polar surface area (TPSA) is 69.7 Å². The lowest BCUT2D eigenvalue weighted by molar-refractivity contribution is -0.364. The van der Waals surface area contributed by atoms with Crippen LogP contribution in [0.3, 0.4) is 0 Å². The van der Waals surface area contributed by atoms with Gasteiger partial charge < -0.3 is 10.5 Å². The number of nitrogens with zero attached hydrogens (tertiary/aromatic N) is 1. The molecule has 0 aromatic carbocycles. The second-order valence-corrected chi connectivity index (χ2v) is 3.43. The van der Waals surface area contributed by atoms with E-state index in [1.54, 1.807) is 12.3 Å². The number of nitrogens with one attached hydrogen (secondary N) is 1. The van der Waals surface area contributed by atoms with Crippen molar-refractivity contribution in [3.8, 4) is 0 Å². The second kappa shape index (κ2) is 4.27. The van der Waals surface area contributed by atoms with Crippen LogP contribution in [0.15, 0.2) is 18.3 Å². The summed E-state index contributed by atoms with van der Waals surface area (Å²) in [4.78, 5) is 16.1. The molecular formula is C10H14N3O2+. The molecule has 1 fully saturated rings. The maximum Gasteiger partial charge on any atom is 0.274 e. The first kappa shape index (κ1) is 9.92. The predicted octanol–water partition coefficient (Wildman–Crippen LogP) is -0.564. The minimum absolute atomic E-state index is 0.417. The molecule has 5 heteroatoms. The molecule has 5 nitrogen and oxygen atoms in total. The van der Waals surface area contributed by atoms with Crippen molar-refractivity contribution < 1.29 is 14.5 Å². The fourth-order valence-corrected chi connectivity index (χ4v) is 1.57. The van der Waals surface area contributed by atoms with E-state index >= 15 is 0 Å². The van der Waals surface area contributed by atoms with Crippen LogP contribution in [0.4, 0.5) is 5.82 Å². The van der Waals surface area contributed by atoms with E-state index in [4.69, 9.17) is 10.5 Å². The monoisotopic (exact) mass is 208 g/mol. The van der Waals surface area contributed by atoms with Crippen molar-refractivity contribution in [1.82, 2.24) is 0 Å². The molecule has 1 aromatic rings. The molecular weight excluding hydrogens is 194 g/mol. The van der Waals surface area contributed by atoms with Gasteiger partial charge in [-0.2, -0.15) is 0 Å². The summed E-state index contributed by atoms with van der Waals surface area (Å²) in [6, 6.07) is 3.59. The van der Waals surface area contributed by atoms with E-state index < -0.39 is 5.91 Å². The predicted molar refractivity (Wildman–Crippen MR) is 54.5 cm³/mol. The van der Waals surface area contributed by atoms with Gasteiger partial charge in [0, 0.05) is 6.07 Å². The van der Waals surface area contributed by atoms with Crippen LogP contribution >= 0.6 is 0 Å². The van der Waals surface area contributed by atoms with Gasteiger partial charge in [0.05, 0.1) is 18.8 Å². The van der Waals surface area contributed by atoms with Crippen molar-refractivity contribution in [2.24, 2.45) is 5.73 Å². The van der Waals surface area contributed by atoms with Crippen molar-refractivity contribution in [2.75, 3.05) is 31.2 Å². The van der Waals surface area contributed by atoms with Crippen molar-refractivity contribution >= 4 is 11.7 Å². The molecule has 0 unspecified atom stereocenters. The Labute approximate surface area is 87.8 Å². The third kappa shape index (κ3) is 2.24. The molecule has 0 bridgehead atoms. The number of hydrogen-bond acceptors (Lipinski definition) is 3. The van der Waals surface area contributed by atoms with Crippen molar-refractivity contribution in [1.29, 1.82) is 0 Å². The van der Waals surface area contributed by atoms with Gasteiger partial charge in [-0.3, -0.25) is 9.69 Å². The van der Waals surface area contributed by atoms with Crippen LogP contribution in [0.25, 0.3) is 0 Å². The van der Waals surface area contributed by atoms with Crippen molar-refractivity contribution in [3.05, 3.63) is 23.9 Å². The Morgan fingerprint density at radius 3 is 2.67 bits per heavy atom. The molecule has 0 spiro atoms. The first-order valence-corrected chi connectivity index (χ1v) is 4.91. The van der Waals surface area contributed by atoms with Crippen LogP contribution in [0, 0.1) is 0 Å². The molecule has 1 aliphatic rings. The van der Waals surface area contributed by atoms with E-state index in [1.807, 2.05) is 6.07 Å². The highest BCUT2D eigenvalue weighted by Gasteiger charge is 2.18. The summed E-state index contributed by atoms with van der Waals surface area (Å²) in [5.41, 5.74) is 5.64. The standard InChI is InChI=1S/C10H13N3O2/c11-10(14)8-1-2-9(12-7-8)13-3-5-15-6-4-13/h1-2,7H,3-6H2,(H2,11,14)/p+1. The third-order valence-corrected chi connectivity index (χ3v) is 2.43. The Morgan fingerprint density at radius 2 is 2.13 bits per heavy atom. The molecule has 3 N–H and O–H groups in total. The van der Waals surface area contributed by atoms with Gasteiger partial charge in [-0.15, -0.1) is 0 Å². The molecule has 1 amide bonds. The van der Waals surface area contributed by atoms with E-state index in [2.05, 4.69) is 9.88 Å².